The second-order valence-corrected chi connectivity index (χ2v) is 4.44. The number of hydrogen-bond acceptors (Lipinski definition) is 0. The summed E-state index contributed by atoms with van der Waals surface area (Å²) in [6.07, 6.45) is -15.6. The maximum atomic E-state index is 12.8. The molecule has 0 saturated carbocycles. The molecule has 0 aliphatic carbocycles. The Hall–Kier alpha value is -0.000260. The summed E-state index contributed by atoms with van der Waals surface area (Å²) in [5.74, 6) is -51.0. The van der Waals surface area contributed by atoms with Crippen molar-refractivity contribution in [2.24, 2.45) is 0 Å². The summed E-state index contributed by atoms with van der Waals surface area (Å²) in [4.78, 5) is 0. The first-order chi connectivity index (χ1) is 10.8. The fourth-order valence-electron chi connectivity index (χ4n) is 1.14. The Morgan fingerprint density at radius 1 is 0.222 bits per heavy atom. The smallest absolute Gasteiger partial charge is 0.192 e. The van der Waals surface area contributed by atoms with Crippen molar-refractivity contribution in [3.8, 4) is 0 Å². The van der Waals surface area contributed by atoms with E-state index in [-0.39, 0.29) is 37.7 Å². The number of hydrogen-bond donors (Lipinski definition) is 0. The molecule has 0 amide bonds. The molecule has 0 rings (SSSR count). The first-order valence-electron chi connectivity index (χ1n) is 5.15. The third-order valence-electron chi connectivity index (χ3n) is 2.68. The van der Waals surface area contributed by atoms with E-state index in [0.29, 0.717) is 0 Å². The maximum Gasteiger partial charge on any atom is 2.00 e. The minimum absolute atomic E-state index is 0. The van der Waals surface area contributed by atoms with Gasteiger partial charge in [-0.05, 0) is 0 Å². The van der Waals surface area contributed by atoms with Crippen LogP contribution in [0.15, 0.2) is 0 Å². The van der Waals surface area contributed by atoms with Crippen molar-refractivity contribution in [3.05, 3.63) is 0 Å². The third kappa shape index (κ3) is 3.77. The molecule has 0 saturated heterocycles. The van der Waals surface area contributed by atoms with Gasteiger partial charge in [0.1, 0.15) is 0 Å². The van der Waals surface area contributed by atoms with Gasteiger partial charge < -0.3 is 0 Å². The molecule has 0 atom stereocenters. The average molecular weight is 478 g/mol. The minimum atomic E-state index is -8.72. The van der Waals surface area contributed by atoms with E-state index in [9.17, 15) is 79.0 Å². The van der Waals surface area contributed by atoms with Crippen molar-refractivity contribution in [3.63, 3.8) is 0 Å². The Morgan fingerprint density at radius 2 is 0.333 bits per heavy atom. The first kappa shape index (κ1) is 29.2. The predicted molar refractivity (Wildman–Crippen MR) is 47.5 cm³/mol. The van der Waals surface area contributed by atoms with Crippen molar-refractivity contribution >= 4 is 37.7 Å². The molecule has 0 unspecified atom stereocenters. The Balaban J connectivity index is 0. The zero-order chi connectivity index (χ0) is 22.0. The molecule has 0 aliphatic rings. The molecule has 0 aromatic rings. The SMILES string of the molecule is FC(F)(F)C(F)(F)C(F)(F)C(F)(F)C(F)(F)C(F)(F)C(F)(F)C(F)(F)F.[Ca+2]. The van der Waals surface area contributed by atoms with E-state index in [0.717, 1.165) is 0 Å². The van der Waals surface area contributed by atoms with Crippen LogP contribution in [-0.2, 0) is 0 Å². The standard InChI is InChI=1S/C8F18.Ca/c9-1(10,3(13,14)5(17,18)7(21,22)23)2(11,12)4(15,16)6(19,20)8(24,25)26;/q;+2. The van der Waals surface area contributed by atoms with Crippen molar-refractivity contribution in [1.29, 1.82) is 0 Å². The first-order valence-corrected chi connectivity index (χ1v) is 5.15. The summed E-state index contributed by atoms with van der Waals surface area (Å²) >= 11 is 0. The third-order valence-corrected chi connectivity index (χ3v) is 2.68. The Bertz CT molecular complexity index is 474. The van der Waals surface area contributed by atoms with Crippen LogP contribution in [0.5, 0.6) is 0 Å². The number of alkyl halides is 18. The molecule has 0 bridgehead atoms. The summed E-state index contributed by atoms with van der Waals surface area (Å²) in [5.41, 5.74) is 0. The van der Waals surface area contributed by atoms with E-state index in [2.05, 4.69) is 0 Å². The molecule has 0 N–H and O–H groups in total. The van der Waals surface area contributed by atoms with Crippen LogP contribution in [0.3, 0.4) is 0 Å². The van der Waals surface area contributed by atoms with Gasteiger partial charge in [-0.3, -0.25) is 0 Å². The fourth-order valence-corrected chi connectivity index (χ4v) is 1.14. The van der Waals surface area contributed by atoms with Gasteiger partial charge in [-0.1, -0.05) is 0 Å². The van der Waals surface area contributed by atoms with Crippen LogP contribution in [0.1, 0.15) is 0 Å². The molecule has 0 aromatic carbocycles. The van der Waals surface area contributed by atoms with E-state index in [4.69, 9.17) is 0 Å². The molecule has 0 fully saturated rings. The zero-order valence-electron chi connectivity index (χ0n) is 11.5. The molecule has 0 nitrogen and oxygen atoms in total. The average Bonchev–Trinajstić information content (AvgIpc) is 2.34. The van der Waals surface area contributed by atoms with E-state index in [1.807, 2.05) is 0 Å². The van der Waals surface area contributed by atoms with Crippen LogP contribution in [-0.4, -0.2) is 85.6 Å². The normalized spacial score (nSPS) is 16.2. The number of rotatable bonds is 5. The van der Waals surface area contributed by atoms with E-state index >= 15 is 0 Å². The summed E-state index contributed by atoms with van der Waals surface area (Å²) in [6.45, 7) is 0. The van der Waals surface area contributed by atoms with Crippen LogP contribution in [0.25, 0.3) is 0 Å². The molecule has 0 radical (unpaired) electrons. The van der Waals surface area contributed by atoms with Gasteiger partial charge in [0.25, 0.3) is 0 Å². The predicted octanol–water partition coefficient (Wildman–Crippen LogP) is 5.54. The van der Waals surface area contributed by atoms with Gasteiger partial charge in [0, 0.05) is 0 Å². The molecule has 0 heterocycles. The summed E-state index contributed by atoms with van der Waals surface area (Å²) < 4.78 is 221. The van der Waals surface area contributed by atoms with Gasteiger partial charge in [-0.2, -0.15) is 79.0 Å². The van der Waals surface area contributed by atoms with Gasteiger partial charge in [0.15, 0.2) is 0 Å². The van der Waals surface area contributed by atoms with Crippen LogP contribution >= 0.6 is 0 Å². The molecule has 0 aromatic heterocycles. The molecule has 0 aliphatic heterocycles. The molecule has 19 heteroatoms. The van der Waals surface area contributed by atoms with E-state index < -0.39 is 47.9 Å². The molecule has 27 heavy (non-hydrogen) atoms. The van der Waals surface area contributed by atoms with Crippen LogP contribution in [0, 0.1) is 0 Å². The van der Waals surface area contributed by atoms with Gasteiger partial charge >= 0.3 is 85.6 Å². The van der Waals surface area contributed by atoms with Crippen LogP contribution in [0.2, 0.25) is 0 Å². The van der Waals surface area contributed by atoms with Crippen molar-refractivity contribution in [2.75, 3.05) is 0 Å². The van der Waals surface area contributed by atoms with Crippen molar-refractivity contribution in [1.82, 2.24) is 0 Å². The molecule has 158 valence electrons. The molecular weight excluding hydrogens is 478 g/mol. The minimum Gasteiger partial charge on any atom is -0.192 e. The quantitative estimate of drug-likeness (QED) is 0.360. The summed E-state index contributed by atoms with van der Waals surface area (Å²) in [5, 5.41) is 0. The zero-order valence-corrected chi connectivity index (χ0v) is 13.7. The largest absolute Gasteiger partial charge is 2.00 e. The van der Waals surface area contributed by atoms with Gasteiger partial charge in [0.05, 0.1) is 0 Å². The Morgan fingerprint density at radius 3 is 0.444 bits per heavy atom. The monoisotopic (exact) mass is 478 g/mol. The van der Waals surface area contributed by atoms with Crippen LogP contribution in [0.4, 0.5) is 79.0 Å². The second-order valence-electron chi connectivity index (χ2n) is 4.44. The van der Waals surface area contributed by atoms with Crippen molar-refractivity contribution in [2.45, 2.75) is 47.9 Å². The van der Waals surface area contributed by atoms with Gasteiger partial charge in [-0.15, -0.1) is 0 Å². The molecular formula is C8CaF18+2. The van der Waals surface area contributed by atoms with Crippen LogP contribution < -0.4 is 0 Å². The van der Waals surface area contributed by atoms with E-state index in [1.54, 1.807) is 0 Å². The molecule has 0 spiro atoms. The van der Waals surface area contributed by atoms with Gasteiger partial charge in [-0.25, -0.2) is 0 Å². The Kier molecular flexibility index (Phi) is 7.63. The Labute approximate surface area is 164 Å². The topological polar surface area (TPSA) is 0 Å². The maximum absolute atomic E-state index is 12.8. The van der Waals surface area contributed by atoms with E-state index in [1.165, 1.54) is 0 Å². The van der Waals surface area contributed by atoms with Gasteiger partial charge in [0.2, 0.25) is 0 Å². The fraction of sp³-hybridized carbons (Fsp3) is 1.00. The summed E-state index contributed by atoms with van der Waals surface area (Å²) in [7, 11) is 0. The van der Waals surface area contributed by atoms with Crippen molar-refractivity contribution < 1.29 is 79.0 Å². The second kappa shape index (κ2) is 7.05. The number of halogens is 18. The summed E-state index contributed by atoms with van der Waals surface area (Å²) in [6, 6.07) is 0.